The molecule has 0 saturated heterocycles. The smallest absolute Gasteiger partial charge is 0.0576 e. The van der Waals surface area contributed by atoms with Crippen molar-refractivity contribution in [2.24, 2.45) is 5.92 Å². The van der Waals surface area contributed by atoms with Crippen molar-refractivity contribution in [1.82, 2.24) is 5.32 Å². The van der Waals surface area contributed by atoms with Crippen molar-refractivity contribution < 1.29 is 0 Å². The first-order chi connectivity index (χ1) is 9.81. The van der Waals surface area contributed by atoms with Gasteiger partial charge in [0, 0.05) is 0 Å². The predicted molar refractivity (Wildman–Crippen MR) is 86.8 cm³/mol. The van der Waals surface area contributed by atoms with Gasteiger partial charge in [-0.3, -0.25) is 0 Å². The molecule has 0 radical (unpaired) electrons. The van der Waals surface area contributed by atoms with Crippen LogP contribution >= 0.6 is 0 Å². The molecule has 0 heterocycles. The Balaban J connectivity index is 2.09. The zero-order chi connectivity index (χ0) is 14.2. The van der Waals surface area contributed by atoms with Gasteiger partial charge >= 0.3 is 0 Å². The monoisotopic (exact) mass is 267 g/mol. The molecule has 2 aromatic carbocycles. The van der Waals surface area contributed by atoms with Gasteiger partial charge in [-0.2, -0.15) is 0 Å². The van der Waals surface area contributed by atoms with Crippen molar-refractivity contribution in [1.29, 1.82) is 0 Å². The molecule has 1 nitrogen and oxygen atoms in total. The van der Waals surface area contributed by atoms with Crippen LogP contribution < -0.4 is 5.32 Å². The van der Waals surface area contributed by atoms with E-state index in [9.17, 15) is 0 Å². The van der Waals surface area contributed by atoms with Crippen LogP contribution in [0.2, 0.25) is 0 Å². The average Bonchev–Trinajstić information content (AvgIpc) is 2.53. The minimum atomic E-state index is 0.293. The number of hydrogen-bond donors (Lipinski definition) is 1. The Hall–Kier alpha value is -1.60. The Labute approximate surface area is 123 Å². The van der Waals surface area contributed by atoms with Crippen LogP contribution in [0.4, 0.5) is 0 Å². The van der Waals surface area contributed by atoms with Gasteiger partial charge in [-0.1, -0.05) is 80.9 Å². The van der Waals surface area contributed by atoms with Gasteiger partial charge in [0.2, 0.25) is 0 Å². The van der Waals surface area contributed by atoms with E-state index in [1.807, 2.05) is 0 Å². The lowest BCUT2D eigenvalue weighted by Crippen LogP contribution is -2.24. The highest BCUT2D eigenvalue weighted by molar-refractivity contribution is 5.31. The lowest BCUT2D eigenvalue weighted by Gasteiger charge is -2.21. The molecule has 0 saturated carbocycles. The fourth-order valence-corrected chi connectivity index (χ4v) is 2.40. The SMILES string of the molecule is CCC(C)CCNC(c1ccccc1)c1ccccc1. The molecular weight excluding hydrogens is 242 g/mol. The zero-order valence-electron chi connectivity index (χ0n) is 12.5. The molecule has 0 aliphatic rings. The quantitative estimate of drug-likeness (QED) is 0.759. The molecule has 1 atom stereocenters. The van der Waals surface area contributed by atoms with E-state index in [0.29, 0.717) is 6.04 Å². The highest BCUT2D eigenvalue weighted by Gasteiger charge is 2.12. The Morgan fingerprint density at radius 3 is 1.80 bits per heavy atom. The van der Waals surface area contributed by atoms with Crippen molar-refractivity contribution in [2.75, 3.05) is 6.54 Å². The summed E-state index contributed by atoms with van der Waals surface area (Å²) in [6, 6.07) is 21.7. The summed E-state index contributed by atoms with van der Waals surface area (Å²) in [5.41, 5.74) is 2.67. The minimum absolute atomic E-state index is 0.293. The van der Waals surface area contributed by atoms with Crippen LogP contribution in [0.1, 0.15) is 43.9 Å². The molecule has 0 aliphatic carbocycles. The first kappa shape index (κ1) is 14.8. The Kier molecular flexibility index (Phi) is 5.82. The third-order valence-electron chi connectivity index (χ3n) is 3.95. The maximum atomic E-state index is 3.72. The molecule has 0 amide bonds. The zero-order valence-corrected chi connectivity index (χ0v) is 12.5. The first-order valence-corrected chi connectivity index (χ1v) is 7.64. The third kappa shape index (κ3) is 4.21. The van der Waals surface area contributed by atoms with Crippen LogP contribution in [0.3, 0.4) is 0 Å². The van der Waals surface area contributed by atoms with Crippen molar-refractivity contribution in [2.45, 2.75) is 32.7 Å². The van der Waals surface area contributed by atoms with E-state index >= 15 is 0 Å². The lowest BCUT2D eigenvalue weighted by atomic mass is 9.98. The van der Waals surface area contributed by atoms with Gasteiger partial charge in [-0.15, -0.1) is 0 Å². The Morgan fingerprint density at radius 1 is 0.850 bits per heavy atom. The summed E-state index contributed by atoms with van der Waals surface area (Å²) in [6.07, 6.45) is 2.48. The highest BCUT2D eigenvalue weighted by Crippen LogP contribution is 2.21. The van der Waals surface area contributed by atoms with Gasteiger partial charge in [0.1, 0.15) is 0 Å². The molecular formula is C19H25N. The van der Waals surface area contributed by atoms with Crippen LogP contribution in [0.15, 0.2) is 60.7 Å². The van der Waals surface area contributed by atoms with Crippen LogP contribution in [0.5, 0.6) is 0 Å². The van der Waals surface area contributed by atoms with Crippen molar-refractivity contribution in [3.8, 4) is 0 Å². The molecule has 0 fully saturated rings. The van der Waals surface area contributed by atoms with Crippen LogP contribution in [-0.4, -0.2) is 6.54 Å². The molecule has 1 N–H and O–H groups in total. The number of hydrogen-bond acceptors (Lipinski definition) is 1. The molecule has 0 bridgehead atoms. The molecule has 0 aromatic heterocycles. The van der Waals surface area contributed by atoms with Gasteiger partial charge in [-0.05, 0) is 30.0 Å². The lowest BCUT2D eigenvalue weighted by molar-refractivity contribution is 0.471. The maximum Gasteiger partial charge on any atom is 0.0576 e. The summed E-state index contributed by atoms with van der Waals surface area (Å²) in [4.78, 5) is 0. The molecule has 106 valence electrons. The van der Waals surface area contributed by atoms with Gasteiger partial charge in [-0.25, -0.2) is 0 Å². The summed E-state index contributed by atoms with van der Waals surface area (Å²) in [5, 5.41) is 3.72. The van der Waals surface area contributed by atoms with Crippen molar-refractivity contribution in [3.05, 3.63) is 71.8 Å². The second-order valence-electron chi connectivity index (χ2n) is 5.51. The Morgan fingerprint density at radius 2 is 1.35 bits per heavy atom. The van der Waals surface area contributed by atoms with Crippen molar-refractivity contribution in [3.63, 3.8) is 0 Å². The highest BCUT2D eigenvalue weighted by atomic mass is 14.9. The van der Waals surface area contributed by atoms with Gasteiger partial charge in [0.15, 0.2) is 0 Å². The van der Waals surface area contributed by atoms with Gasteiger partial charge in [0.05, 0.1) is 6.04 Å². The second kappa shape index (κ2) is 7.86. The number of nitrogens with one attached hydrogen (secondary N) is 1. The van der Waals surface area contributed by atoms with Gasteiger partial charge in [0.25, 0.3) is 0 Å². The number of benzene rings is 2. The van der Waals surface area contributed by atoms with Crippen molar-refractivity contribution >= 4 is 0 Å². The van der Waals surface area contributed by atoms with E-state index in [0.717, 1.165) is 12.5 Å². The molecule has 0 spiro atoms. The number of rotatable bonds is 7. The maximum absolute atomic E-state index is 3.72. The fourth-order valence-electron chi connectivity index (χ4n) is 2.40. The molecule has 1 unspecified atom stereocenters. The summed E-state index contributed by atoms with van der Waals surface area (Å²) < 4.78 is 0. The Bertz CT molecular complexity index is 438. The van der Waals surface area contributed by atoms with Crippen LogP contribution in [0.25, 0.3) is 0 Å². The minimum Gasteiger partial charge on any atom is -0.306 e. The van der Waals surface area contributed by atoms with E-state index in [1.54, 1.807) is 0 Å². The van der Waals surface area contributed by atoms with E-state index in [2.05, 4.69) is 79.8 Å². The first-order valence-electron chi connectivity index (χ1n) is 7.64. The van der Waals surface area contributed by atoms with E-state index in [1.165, 1.54) is 24.0 Å². The largest absolute Gasteiger partial charge is 0.306 e. The van der Waals surface area contributed by atoms with E-state index in [4.69, 9.17) is 0 Å². The van der Waals surface area contributed by atoms with E-state index in [-0.39, 0.29) is 0 Å². The predicted octanol–water partition coefficient (Wildman–Crippen LogP) is 4.80. The average molecular weight is 267 g/mol. The molecule has 20 heavy (non-hydrogen) atoms. The van der Waals surface area contributed by atoms with Gasteiger partial charge < -0.3 is 5.32 Å². The molecule has 2 rings (SSSR count). The van der Waals surface area contributed by atoms with Crippen LogP contribution in [-0.2, 0) is 0 Å². The fraction of sp³-hybridized carbons (Fsp3) is 0.368. The molecule has 2 aromatic rings. The second-order valence-corrected chi connectivity index (χ2v) is 5.51. The normalized spacial score (nSPS) is 12.6. The van der Waals surface area contributed by atoms with Crippen LogP contribution in [0, 0.1) is 5.92 Å². The van der Waals surface area contributed by atoms with E-state index < -0.39 is 0 Å². The molecule has 1 heteroatoms. The third-order valence-corrected chi connectivity index (χ3v) is 3.95. The summed E-state index contributed by atoms with van der Waals surface area (Å²) in [7, 11) is 0. The topological polar surface area (TPSA) is 12.0 Å². The summed E-state index contributed by atoms with van der Waals surface area (Å²) in [5.74, 6) is 0.787. The molecule has 0 aliphatic heterocycles. The summed E-state index contributed by atoms with van der Waals surface area (Å²) in [6.45, 7) is 5.64. The standard InChI is InChI=1S/C19H25N/c1-3-16(2)14-15-20-19(17-10-6-4-7-11-17)18-12-8-5-9-13-18/h4-13,16,19-20H,3,14-15H2,1-2H3. The summed E-state index contributed by atoms with van der Waals surface area (Å²) >= 11 is 0.